The van der Waals surface area contributed by atoms with E-state index >= 15 is 0 Å². The molecular formula is C11H17N3O3. The zero-order valence-electron chi connectivity index (χ0n) is 10.3. The second-order valence-electron chi connectivity index (χ2n) is 5.24. The molecule has 2 heterocycles. The fourth-order valence-electron chi connectivity index (χ4n) is 1.64. The van der Waals surface area contributed by atoms with Crippen LogP contribution in [0.25, 0.3) is 0 Å². The summed E-state index contributed by atoms with van der Waals surface area (Å²) in [7, 11) is 0. The molecule has 1 aliphatic rings. The van der Waals surface area contributed by atoms with Crippen LogP contribution >= 0.6 is 0 Å². The van der Waals surface area contributed by atoms with E-state index in [-0.39, 0.29) is 12.0 Å². The van der Waals surface area contributed by atoms with E-state index < -0.39 is 5.60 Å². The zero-order valence-corrected chi connectivity index (χ0v) is 10.3. The summed E-state index contributed by atoms with van der Waals surface area (Å²) in [6.45, 7) is 6.74. The van der Waals surface area contributed by atoms with Crippen LogP contribution in [0.2, 0.25) is 0 Å². The Morgan fingerprint density at radius 1 is 1.59 bits per heavy atom. The second-order valence-corrected chi connectivity index (χ2v) is 5.24. The van der Waals surface area contributed by atoms with Crippen molar-refractivity contribution in [1.82, 2.24) is 10.1 Å². The van der Waals surface area contributed by atoms with Gasteiger partial charge in [0.2, 0.25) is 5.88 Å². The number of ether oxygens (including phenoxy) is 1. The smallest absolute Gasteiger partial charge is 0.410 e. The lowest BCUT2D eigenvalue weighted by Crippen LogP contribution is -2.50. The van der Waals surface area contributed by atoms with E-state index in [0.717, 1.165) is 5.69 Å². The van der Waals surface area contributed by atoms with Gasteiger partial charge in [0, 0.05) is 25.1 Å². The number of carbonyl (C=O) groups excluding carboxylic acids is 1. The third-order valence-corrected chi connectivity index (χ3v) is 2.50. The molecular weight excluding hydrogens is 222 g/mol. The lowest BCUT2D eigenvalue weighted by Gasteiger charge is -2.38. The summed E-state index contributed by atoms with van der Waals surface area (Å²) in [6, 6.07) is 1.69. The zero-order chi connectivity index (χ0) is 12.6. The molecule has 0 aromatic carbocycles. The normalized spacial score (nSPS) is 16.8. The minimum atomic E-state index is -0.458. The maximum absolute atomic E-state index is 11.7. The third kappa shape index (κ3) is 2.69. The number of nitrogens with two attached hydrogens (primary N) is 1. The molecule has 0 radical (unpaired) electrons. The molecule has 2 N–H and O–H groups in total. The number of likely N-dealkylation sites (tertiary alicyclic amines) is 1. The highest BCUT2D eigenvalue weighted by atomic mass is 16.6. The van der Waals surface area contributed by atoms with Crippen molar-refractivity contribution in [2.24, 2.45) is 0 Å². The van der Waals surface area contributed by atoms with Crippen molar-refractivity contribution in [1.29, 1.82) is 0 Å². The molecule has 1 aromatic rings. The minimum absolute atomic E-state index is 0.198. The Morgan fingerprint density at radius 3 is 2.71 bits per heavy atom. The fraction of sp³-hybridized carbons (Fsp3) is 0.636. The van der Waals surface area contributed by atoms with Gasteiger partial charge in [-0.1, -0.05) is 5.16 Å². The van der Waals surface area contributed by atoms with Gasteiger partial charge < -0.3 is 19.9 Å². The average molecular weight is 239 g/mol. The largest absolute Gasteiger partial charge is 0.444 e. The summed E-state index contributed by atoms with van der Waals surface area (Å²) in [6.07, 6.45) is -0.287. The predicted molar refractivity (Wildman–Crippen MR) is 61.5 cm³/mol. The molecule has 1 amide bonds. The molecule has 1 aromatic heterocycles. The number of rotatable bonds is 1. The molecule has 0 atom stereocenters. The number of nitrogens with zero attached hydrogens (tertiary/aromatic N) is 2. The second kappa shape index (κ2) is 3.94. The highest BCUT2D eigenvalue weighted by molar-refractivity contribution is 5.69. The lowest BCUT2D eigenvalue weighted by molar-refractivity contribution is 0.00764. The Balaban J connectivity index is 1.85. The van der Waals surface area contributed by atoms with Crippen LogP contribution in [-0.4, -0.2) is 34.8 Å². The van der Waals surface area contributed by atoms with E-state index in [2.05, 4.69) is 5.16 Å². The summed E-state index contributed by atoms with van der Waals surface area (Å²) in [4.78, 5) is 13.3. The maximum atomic E-state index is 11.7. The first kappa shape index (κ1) is 11.8. The quantitative estimate of drug-likeness (QED) is 0.804. The van der Waals surface area contributed by atoms with Gasteiger partial charge in [0.05, 0.1) is 5.69 Å². The van der Waals surface area contributed by atoms with Crippen molar-refractivity contribution in [3.63, 3.8) is 0 Å². The molecule has 0 saturated carbocycles. The van der Waals surface area contributed by atoms with E-state index in [1.165, 1.54) is 0 Å². The average Bonchev–Trinajstić information content (AvgIpc) is 2.45. The van der Waals surface area contributed by atoms with Gasteiger partial charge in [0.25, 0.3) is 0 Å². The summed E-state index contributed by atoms with van der Waals surface area (Å²) in [5.74, 6) is 0.499. The molecule has 94 valence electrons. The number of hydrogen-bond acceptors (Lipinski definition) is 5. The van der Waals surface area contributed by atoms with Crippen molar-refractivity contribution in [3.8, 4) is 0 Å². The SMILES string of the molecule is CC(C)(C)OC(=O)N1CC(c2cc(N)on2)C1. The summed E-state index contributed by atoms with van der Waals surface area (Å²) >= 11 is 0. The first-order valence-electron chi connectivity index (χ1n) is 5.55. The Hall–Kier alpha value is -1.72. The van der Waals surface area contributed by atoms with Crippen molar-refractivity contribution in [3.05, 3.63) is 11.8 Å². The van der Waals surface area contributed by atoms with Crippen LogP contribution in [0.15, 0.2) is 10.6 Å². The van der Waals surface area contributed by atoms with Crippen molar-refractivity contribution in [2.45, 2.75) is 32.3 Å². The Morgan fingerprint density at radius 2 is 2.24 bits per heavy atom. The molecule has 0 bridgehead atoms. The number of nitrogen functional groups attached to an aromatic ring is 1. The van der Waals surface area contributed by atoms with Gasteiger partial charge in [-0.2, -0.15) is 0 Å². The minimum Gasteiger partial charge on any atom is -0.444 e. The highest BCUT2D eigenvalue weighted by Gasteiger charge is 2.36. The number of hydrogen-bond donors (Lipinski definition) is 1. The molecule has 1 aliphatic heterocycles. The first-order chi connectivity index (χ1) is 7.85. The molecule has 6 heteroatoms. The highest BCUT2D eigenvalue weighted by Crippen LogP contribution is 2.28. The summed E-state index contributed by atoms with van der Waals surface area (Å²) in [5, 5.41) is 3.83. The number of carbonyl (C=O) groups is 1. The standard InChI is InChI=1S/C11H17N3O3/c1-11(2,3)16-10(15)14-5-7(6-14)8-4-9(12)17-13-8/h4,7H,5-6,12H2,1-3H3. The summed E-state index contributed by atoms with van der Waals surface area (Å²) < 4.78 is 10.0. The van der Waals surface area contributed by atoms with Crippen molar-refractivity contribution in [2.75, 3.05) is 18.8 Å². The Bertz CT molecular complexity index is 416. The van der Waals surface area contributed by atoms with Gasteiger partial charge in [-0.3, -0.25) is 0 Å². The van der Waals surface area contributed by atoms with E-state index in [9.17, 15) is 4.79 Å². The molecule has 0 spiro atoms. The molecule has 0 aliphatic carbocycles. The Labute approximate surface area is 99.7 Å². The van der Waals surface area contributed by atoms with E-state index in [0.29, 0.717) is 19.0 Å². The molecule has 2 rings (SSSR count). The van der Waals surface area contributed by atoms with Crippen molar-refractivity contribution < 1.29 is 14.1 Å². The van der Waals surface area contributed by atoms with Gasteiger partial charge >= 0.3 is 6.09 Å². The van der Waals surface area contributed by atoms with Crippen LogP contribution in [0.3, 0.4) is 0 Å². The van der Waals surface area contributed by atoms with Gasteiger partial charge in [-0.15, -0.1) is 0 Å². The fourth-order valence-corrected chi connectivity index (χ4v) is 1.64. The van der Waals surface area contributed by atoms with Gasteiger partial charge in [0.1, 0.15) is 5.60 Å². The van der Waals surface area contributed by atoms with Gasteiger partial charge in [-0.25, -0.2) is 4.79 Å². The van der Waals surface area contributed by atoms with E-state index in [1.54, 1.807) is 11.0 Å². The number of amides is 1. The van der Waals surface area contributed by atoms with Gasteiger partial charge in [0.15, 0.2) is 0 Å². The molecule has 1 fully saturated rings. The van der Waals surface area contributed by atoms with Gasteiger partial charge in [-0.05, 0) is 20.8 Å². The van der Waals surface area contributed by atoms with Crippen LogP contribution < -0.4 is 5.73 Å². The molecule has 6 nitrogen and oxygen atoms in total. The number of aromatic nitrogens is 1. The monoisotopic (exact) mass is 239 g/mol. The van der Waals surface area contributed by atoms with E-state index in [4.69, 9.17) is 15.0 Å². The Kier molecular flexibility index (Phi) is 2.73. The topological polar surface area (TPSA) is 81.6 Å². The summed E-state index contributed by atoms with van der Waals surface area (Å²) in [5.41, 5.74) is 5.77. The molecule has 1 saturated heterocycles. The third-order valence-electron chi connectivity index (χ3n) is 2.50. The molecule has 0 unspecified atom stereocenters. The van der Waals surface area contributed by atoms with Crippen LogP contribution in [-0.2, 0) is 4.74 Å². The van der Waals surface area contributed by atoms with Crippen LogP contribution in [0, 0.1) is 0 Å². The van der Waals surface area contributed by atoms with Crippen LogP contribution in [0.5, 0.6) is 0 Å². The molecule has 17 heavy (non-hydrogen) atoms. The predicted octanol–water partition coefficient (Wildman–Crippen LogP) is 1.59. The maximum Gasteiger partial charge on any atom is 0.410 e. The van der Waals surface area contributed by atoms with Crippen molar-refractivity contribution >= 4 is 12.0 Å². The van der Waals surface area contributed by atoms with E-state index in [1.807, 2.05) is 20.8 Å². The van der Waals surface area contributed by atoms with Crippen LogP contribution in [0.1, 0.15) is 32.4 Å². The lowest BCUT2D eigenvalue weighted by atomic mass is 9.97. The number of anilines is 1. The van der Waals surface area contributed by atoms with Crippen LogP contribution in [0.4, 0.5) is 10.7 Å². The first-order valence-corrected chi connectivity index (χ1v) is 5.55.